The molecule has 0 bridgehead atoms. The van der Waals surface area contributed by atoms with Crippen LogP contribution in [-0.4, -0.2) is 143 Å². The molecule has 0 aromatic carbocycles. The molecular formula is C70H150O18S5. The molecule has 3 rings (SSSR count). The first-order chi connectivity index (χ1) is 42.6. The van der Waals surface area contributed by atoms with Crippen molar-refractivity contribution < 1.29 is 80.4 Å². The van der Waals surface area contributed by atoms with Gasteiger partial charge >= 0.3 is 0 Å². The highest BCUT2D eigenvalue weighted by atomic mass is 32.2. The number of carbonyl (C=O) groups excluding carboxylic acids is 8. The lowest BCUT2D eigenvalue weighted by atomic mass is 9.97. The van der Waals surface area contributed by atoms with Crippen molar-refractivity contribution in [1.82, 2.24) is 0 Å². The second kappa shape index (κ2) is 67.7. The average molecular weight is 1440 g/mol. The lowest BCUT2D eigenvalue weighted by molar-refractivity contribution is -0.119. The van der Waals surface area contributed by atoms with Crippen LogP contribution >= 0.6 is 0 Å². The number of rotatable bonds is 24. The number of Topliss-reactive ketones (excluding diaryl/α,β-unsaturated/α-hetero) is 8. The maximum atomic E-state index is 11.3. The summed E-state index contributed by atoms with van der Waals surface area (Å²) in [5, 5.41) is -1.36. The molecule has 3 aliphatic rings. The van der Waals surface area contributed by atoms with Crippen molar-refractivity contribution in [3.8, 4) is 0 Å². The van der Waals surface area contributed by atoms with Crippen LogP contribution in [0.15, 0.2) is 0 Å². The van der Waals surface area contributed by atoms with E-state index >= 15 is 0 Å². The molecule has 5 unspecified atom stereocenters. The number of hydrogen-bond acceptors (Lipinski definition) is 18. The predicted octanol–water partition coefficient (Wildman–Crippen LogP) is 16.5. The van der Waals surface area contributed by atoms with Crippen LogP contribution in [0.2, 0.25) is 0 Å². The smallest absolute Gasteiger partial charge is 0.162 e. The second-order valence-electron chi connectivity index (χ2n) is 20.9. The van der Waals surface area contributed by atoms with Gasteiger partial charge < -0.3 is 9.59 Å². The van der Waals surface area contributed by atoms with Gasteiger partial charge in [-0.25, -0.2) is 42.1 Å². The summed E-state index contributed by atoms with van der Waals surface area (Å²) >= 11 is 0. The molecule has 0 spiro atoms. The maximum Gasteiger partial charge on any atom is 0.162 e. The van der Waals surface area contributed by atoms with E-state index in [-0.39, 0.29) is 69.9 Å². The predicted molar refractivity (Wildman–Crippen MR) is 401 cm³/mol. The molecule has 0 aromatic heterocycles. The zero-order valence-electron chi connectivity index (χ0n) is 66.8. The van der Waals surface area contributed by atoms with E-state index in [4.69, 9.17) is 0 Å². The molecule has 3 aliphatic carbocycles. The Hall–Kier alpha value is -2.89. The summed E-state index contributed by atoms with van der Waals surface area (Å²) in [4.78, 5) is 84.9. The Morgan fingerprint density at radius 3 is 0.935 bits per heavy atom. The molecule has 0 aromatic rings. The van der Waals surface area contributed by atoms with E-state index in [1.54, 1.807) is 48.5 Å². The summed E-state index contributed by atoms with van der Waals surface area (Å²) < 4.78 is 108. The fourth-order valence-corrected chi connectivity index (χ4v) is 12.5. The van der Waals surface area contributed by atoms with Crippen LogP contribution in [0, 0.1) is 23.2 Å². The Balaban J connectivity index is -0.0000000693. The van der Waals surface area contributed by atoms with Gasteiger partial charge in [0.15, 0.2) is 55.0 Å². The van der Waals surface area contributed by atoms with E-state index in [9.17, 15) is 80.4 Å². The molecule has 0 aliphatic heterocycles. The Morgan fingerprint density at radius 1 is 0.462 bits per heavy atom. The van der Waals surface area contributed by atoms with Crippen molar-refractivity contribution in [2.45, 2.75) is 347 Å². The molecule has 93 heavy (non-hydrogen) atoms. The average Bonchev–Trinajstić information content (AvgIpc) is 1.60. The molecule has 0 saturated heterocycles. The molecule has 18 nitrogen and oxygen atoms in total. The molecule has 0 heterocycles. The van der Waals surface area contributed by atoms with Crippen molar-refractivity contribution in [3.63, 3.8) is 0 Å². The van der Waals surface area contributed by atoms with Gasteiger partial charge in [0.1, 0.15) is 61.0 Å². The van der Waals surface area contributed by atoms with Crippen LogP contribution < -0.4 is 0 Å². The molecule has 3 saturated carbocycles. The first-order valence-electron chi connectivity index (χ1n) is 34.7. The third-order valence-electron chi connectivity index (χ3n) is 13.9. The topological polar surface area (TPSA) is 307 Å². The van der Waals surface area contributed by atoms with E-state index in [0.717, 1.165) is 31.6 Å². The minimum Gasteiger partial charge on any atom is -0.300 e. The van der Waals surface area contributed by atoms with Gasteiger partial charge in [-0.3, -0.25) is 28.8 Å². The lowest BCUT2D eigenvalue weighted by Crippen LogP contribution is -2.40. The van der Waals surface area contributed by atoms with Crippen LogP contribution in [0.1, 0.15) is 327 Å². The zero-order valence-corrected chi connectivity index (χ0v) is 70.9. The summed E-state index contributed by atoms with van der Waals surface area (Å²) in [5.74, 6) is 1.62. The van der Waals surface area contributed by atoms with Gasteiger partial charge in [-0.05, 0) is 132 Å². The van der Waals surface area contributed by atoms with Gasteiger partial charge in [-0.1, -0.05) is 192 Å². The molecular weight excluding hydrogens is 1290 g/mol. The van der Waals surface area contributed by atoms with E-state index in [1.807, 2.05) is 111 Å². The first-order valence-corrected chi connectivity index (χ1v) is 43.3. The molecule has 568 valence electrons. The van der Waals surface area contributed by atoms with Crippen LogP contribution in [0.25, 0.3) is 0 Å². The SMILES string of the molecule is CC.CC.CC.CC.CC.CC.CC.CC.CCC(C)CC(C)=O.CCC1(CC(C)=O)CC1.CCC1CC1C(C)=O.CCS(=O)(=O)C(C)(C)C(C)=O.CCS(=O)(=O)C(C)C(C)=O.CCS(=O)(=O)C(C)CC(C)=O.CCS(=O)(=O)C1(C(C)=O)CC1.CCS(=O)(=O)CC(C)=O. The van der Waals surface area contributed by atoms with Crippen LogP contribution in [0.5, 0.6) is 0 Å². The normalized spacial score (nSPS) is 15.2. The fraction of sp³-hybridized carbons (Fsp3) is 0.886. The first kappa shape index (κ1) is 120. The van der Waals surface area contributed by atoms with Gasteiger partial charge in [0.2, 0.25) is 0 Å². The number of carbonyl (C=O) groups is 8. The van der Waals surface area contributed by atoms with Gasteiger partial charge in [0, 0.05) is 53.9 Å². The Bertz CT molecular complexity index is 2440. The van der Waals surface area contributed by atoms with Crippen molar-refractivity contribution >= 4 is 95.5 Å². The standard InChI is InChI=1S/C8H14O.C7H12O3S.2C7H14O3S.C7H12O.C7H14O.C6H12O3S.C5H10O3S.8C2H6/c1-3-8(4-5-8)6-7(2)9;1-3-11(9,10)7(4-5-7)6(2)8;1-5-11(9,10)7(3,4)6(2)8;1-4-11(9,10)7(3)5-6(2)8;1-3-6-4-7(6)5(2)8;1-4-6(2)5-7(3)8;1-4-10(8,9)6(3)5(2)7;1-3-9(7,8)4-5(2)6;8*1-2/h3-6H2,1-2H3;3-5H2,1-2H3;5H2,1-4H3;7H,4-5H2,1-3H3;6-7H,3-4H2,1-2H3;6H,4-5H2,1-3H3;6H,4H2,1-3H3;3-4H2,1-2H3;8*1-2H3. The van der Waals surface area contributed by atoms with Crippen LogP contribution in [0.3, 0.4) is 0 Å². The highest BCUT2D eigenvalue weighted by Crippen LogP contribution is 2.51. The third kappa shape index (κ3) is 63.6. The van der Waals surface area contributed by atoms with E-state index in [0.29, 0.717) is 47.4 Å². The third-order valence-corrected chi connectivity index (χ3v) is 25.3. The molecule has 0 radical (unpaired) electrons. The summed E-state index contributed by atoms with van der Waals surface area (Å²) in [6.45, 7) is 65.8. The van der Waals surface area contributed by atoms with Gasteiger partial charge in [0.25, 0.3) is 0 Å². The lowest BCUT2D eigenvalue weighted by Gasteiger charge is -2.19. The quantitative estimate of drug-likeness (QED) is 0.0867. The summed E-state index contributed by atoms with van der Waals surface area (Å²) in [6, 6.07) is 0. The fourth-order valence-electron chi connectivity index (χ4n) is 6.77. The number of ketones is 8. The van der Waals surface area contributed by atoms with Crippen LogP contribution in [0.4, 0.5) is 0 Å². The maximum absolute atomic E-state index is 11.3. The van der Waals surface area contributed by atoms with Gasteiger partial charge in [0.05, 0.1) is 5.25 Å². The summed E-state index contributed by atoms with van der Waals surface area (Å²) in [5.41, 5.74) is 0.464. The molecule has 3 fully saturated rings. The Morgan fingerprint density at radius 2 is 0.828 bits per heavy atom. The largest absolute Gasteiger partial charge is 0.300 e. The van der Waals surface area contributed by atoms with Crippen molar-refractivity contribution in [2.24, 2.45) is 23.2 Å². The van der Waals surface area contributed by atoms with E-state index in [1.165, 1.54) is 94.9 Å². The van der Waals surface area contributed by atoms with Gasteiger partial charge in [-0.15, -0.1) is 0 Å². The van der Waals surface area contributed by atoms with Crippen molar-refractivity contribution in [3.05, 3.63) is 0 Å². The highest BCUT2D eigenvalue weighted by Gasteiger charge is 2.57. The van der Waals surface area contributed by atoms with Crippen molar-refractivity contribution in [2.75, 3.05) is 34.5 Å². The van der Waals surface area contributed by atoms with Gasteiger partial charge in [-0.2, -0.15) is 0 Å². The summed E-state index contributed by atoms with van der Waals surface area (Å²) in [7, 11) is -15.6. The zero-order chi connectivity index (χ0) is 78.5. The number of sulfone groups is 5. The molecule has 0 amide bonds. The molecule has 23 heteroatoms. The Kier molecular flexibility index (Phi) is 87.6. The minimum absolute atomic E-state index is 0.0135. The van der Waals surface area contributed by atoms with Crippen LogP contribution in [-0.2, 0) is 87.5 Å². The highest BCUT2D eigenvalue weighted by molar-refractivity contribution is 7.94. The minimum atomic E-state index is -3.25. The Labute approximate surface area is 576 Å². The van der Waals surface area contributed by atoms with E-state index < -0.39 is 69.2 Å². The monoisotopic (exact) mass is 1440 g/mol. The summed E-state index contributed by atoms with van der Waals surface area (Å²) in [6.07, 6.45) is 9.96. The second-order valence-corrected chi connectivity index (χ2v) is 34.0. The molecule has 0 N–H and O–H groups in total. The van der Waals surface area contributed by atoms with E-state index in [2.05, 4.69) is 27.7 Å². The molecule has 5 atom stereocenters. The number of hydrogen-bond donors (Lipinski definition) is 0. The van der Waals surface area contributed by atoms with Crippen molar-refractivity contribution in [1.29, 1.82) is 0 Å².